The molecule has 0 aliphatic heterocycles. The van der Waals surface area contributed by atoms with Gasteiger partial charge in [0.15, 0.2) is 0 Å². The number of nitriles is 1. The molecule has 1 aromatic rings. The van der Waals surface area contributed by atoms with E-state index in [1.807, 2.05) is 22.9 Å². The highest BCUT2D eigenvalue weighted by atomic mass is 32.1. The SMILES string of the molecule is N#C[CH]c1ccsc1. The van der Waals surface area contributed by atoms with E-state index in [2.05, 4.69) is 0 Å². The summed E-state index contributed by atoms with van der Waals surface area (Å²) in [5.74, 6) is 0. The summed E-state index contributed by atoms with van der Waals surface area (Å²) in [6.07, 6.45) is 1.52. The summed E-state index contributed by atoms with van der Waals surface area (Å²) in [7, 11) is 0. The molecule has 0 aliphatic carbocycles. The Morgan fingerprint density at radius 1 is 1.75 bits per heavy atom. The molecule has 0 amide bonds. The average molecular weight is 122 g/mol. The zero-order valence-corrected chi connectivity index (χ0v) is 4.98. The minimum absolute atomic E-state index is 0.998. The quantitative estimate of drug-likeness (QED) is 0.557. The normalized spacial score (nSPS) is 8.38. The lowest BCUT2D eigenvalue weighted by atomic mass is 10.3. The van der Waals surface area contributed by atoms with Gasteiger partial charge in [-0.05, 0) is 22.4 Å². The molecule has 39 valence electrons. The summed E-state index contributed by atoms with van der Waals surface area (Å²) in [6.45, 7) is 0. The predicted octanol–water partition coefficient (Wildman–Crippen LogP) is 1.82. The molecule has 0 bridgehead atoms. The van der Waals surface area contributed by atoms with Crippen molar-refractivity contribution in [1.29, 1.82) is 5.26 Å². The Morgan fingerprint density at radius 2 is 2.62 bits per heavy atom. The monoisotopic (exact) mass is 122 g/mol. The van der Waals surface area contributed by atoms with Crippen molar-refractivity contribution >= 4 is 11.3 Å². The molecule has 0 unspecified atom stereocenters. The Labute approximate surface area is 52.2 Å². The Hall–Kier alpha value is -0.810. The fourth-order valence-electron chi connectivity index (χ4n) is 0.432. The van der Waals surface area contributed by atoms with E-state index in [0.717, 1.165) is 5.56 Å². The van der Waals surface area contributed by atoms with E-state index in [1.54, 1.807) is 11.3 Å². The fraction of sp³-hybridized carbons (Fsp3) is 0. The second-order valence-electron chi connectivity index (χ2n) is 1.33. The van der Waals surface area contributed by atoms with Crippen LogP contribution in [0.2, 0.25) is 0 Å². The van der Waals surface area contributed by atoms with Crippen LogP contribution in [0.25, 0.3) is 0 Å². The van der Waals surface area contributed by atoms with Gasteiger partial charge in [-0.15, -0.1) is 0 Å². The molecular weight excluding hydrogens is 118 g/mol. The van der Waals surface area contributed by atoms with Gasteiger partial charge < -0.3 is 0 Å². The Kier molecular flexibility index (Phi) is 1.66. The van der Waals surface area contributed by atoms with Gasteiger partial charge in [0.1, 0.15) is 0 Å². The van der Waals surface area contributed by atoms with Crippen LogP contribution >= 0.6 is 11.3 Å². The maximum Gasteiger partial charge on any atom is 0.0920 e. The van der Waals surface area contributed by atoms with Gasteiger partial charge in [-0.1, -0.05) is 0 Å². The van der Waals surface area contributed by atoms with Gasteiger partial charge in [0.05, 0.1) is 12.5 Å². The van der Waals surface area contributed by atoms with Gasteiger partial charge >= 0.3 is 0 Å². The smallest absolute Gasteiger partial charge is 0.0920 e. The van der Waals surface area contributed by atoms with Gasteiger partial charge in [-0.25, -0.2) is 0 Å². The van der Waals surface area contributed by atoms with Crippen molar-refractivity contribution in [3.8, 4) is 6.07 Å². The zero-order chi connectivity index (χ0) is 5.82. The van der Waals surface area contributed by atoms with Crippen molar-refractivity contribution in [2.75, 3.05) is 0 Å². The van der Waals surface area contributed by atoms with Crippen LogP contribution in [0.15, 0.2) is 16.8 Å². The lowest BCUT2D eigenvalue weighted by molar-refractivity contribution is 1.48. The summed E-state index contributed by atoms with van der Waals surface area (Å²) in [5, 5.41) is 12.0. The molecule has 1 aromatic heterocycles. The molecule has 8 heavy (non-hydrogen) atoms. The number of hydrogen-bond donors (Lipinski definition) is 0. The van der Waals surface area contributed by atoms with Crippen molar-refractivity contribution in [3.05, 3.63) is 28.8 Å². The summed E-state index contributed by atoms with van der Waals surface area (Å²) in [5.41, 5.74) is 0.998. The molecule has 2 heteroatoms. The third kappa shape index (κ3) is 1.08. The summed E-state index contributed by atoms with van der Waals surface area (Å²) in [4.78, 5) is 0. The first-order chi connectivity index (χ1) is 3.93. The molecule has 1 nitrogen and oxygen atoms in total. The van der Waals surface area contributed by atoms with Crippen LogP contribution in [0.5, 0.6) is 0 Å². The van der Waals surface area contributed by atoms with E-state index >= 15 is 0 Å². The molecule has 0 aliphatic rings. The number of rotatable bonds is 1. The largest absolute Gasteiger partial charge is 0.198 e. The number of nitrogens with zero attached hydrogens (tertiary/aromatic N) is 1. The second kappa shape index (κ2) is 2.49. The molecule has 1 heterocycles. The maximum absolute atomic E-state index is 8.14. The molecule has 0 fully saturated rings. The molecule has 1 rings (SSSR count). The van der Waals surface area contributed by atoms with Crippen molar-refractivity contribution in [2.24, 2.45) is 0 Å². The van der Waals surface area contributed by atoms with E-state index in [1.165, 1.54) is 6.42 Å². The van der Waals surface area contributed by atoms with Gasteiger partial charge in [0, 0.05) is 0 Å². The minimum Gasteiger partial charge on any atom is -0.198 e. The zero-order valence-electron chi connectivity index (χ0n) is 4.16. The van der Waals surface area contributed by atoms with E-state index in [9.17, 15) is 0 Å². The van der Waals surface area contributed by atoms with Crippen LogP contribution in [0.4, 0.5) is 0 Å². The summed E-state index contributed by atoms with van der Waals surface area (Å²) < 4.78 is 0. The standard InChI is InChI=1S/C6H4NS/c7-3-1-6-2-4-8-5-6/h1-2,4-5H. The summed E-state index contributed by atoms with van der Waals surface area (Å²) in [6, 6.07) is 3.86. The van der Waals surface area contributed by atoms with Crippen LogP contribution in [0.1, 0.15) is 5.56 Å². The van der Waals surface area contributed by atoms with E-state index < -0.39 is 0 Å². The van der Waals surface area contributed by atoms with Crippen molar-refractivity contribution < 1.29 is 0 Å². The predicted molar refractivity (Wildman–Crippen MR) is 33.3 cm³/mol. The molecule has 0 N–H and O–H groups in total. The first-order valence-corrected chi connectivity index (χ1v) is 3.13. The van der Waals surface area contributed by atoms with Crippen LogP contribution in [0.3, 0.4) is 0 Å². The topological polar surface area (TPSA) is 23.8 Å². The van der Waals surface area contributed by atoms with Crippen molar-refractivity contribution in [1.82, 2.24) is 0 Å². The average Bonchev–Trinajstić information content (AvgIpc) is 2.19. The molecule has 0 saturated heterocycles. The Balaban J connectivity index is 2.67. The Morgan fingerprint density at radius 3 is 3.12 bits per heavy atom. The maximum atomic E-state index is 8.14. The van der Waals surface area contributed by atoms with Crippen LogP contribution in [-0.2, 0) is 0 Å². The molecule has 1 radical (unpaired) electrons. The van der Waals surface area contributed by atoms with Crippen LogP contribution in [0, 0.1) is 17.8 Å². The summed E-state index contributed by atoms with van der Waals surface area (Å²) >= 11 is 1.60. The van der Waals surface area contributed by atoms with E-state index in [-0.39, 0.29) is 0 Å². The first kappa shape index (κ1) is 5.33. The van der Waals surface area contributed by atoms with E-state index in [0.29, 0.717) is 0 Å². The number of hydrogen-bond acceptors (Lipinski definition) is 2. The fourth-order valence-corrected chi connectivity index (χ4v) is 1.05. The van der Waals surface area contributed by atoms with Crippen molar-refractivity contribution in [2.45, 2.75) is 0 Å². The second-order valence-corrected chi connectivity index (χ2v) is 2.11. The molecule has 0 spiro atoms. The molecular formula is C6H4NS. The van der Waals surface area contributed by atoms with Crippen molar-refractivity contribution in [3.63, 3.8) is 0 Å². The van der Waals surface area contributed by atoms with Crippen LogP contribution in [-0.4, -0.2) is 0 Å². The Bertz CT molecular complexity index is 183. The van der Waals surface area contributed by atoms with Gasteiger partial charge in [-0.3, -0.25) is 0 Å². The highest BCUT2D eigenvalue weighted by Crippen LogP contribution is 2.06. The third-order valence-corrected chi connectivity index (χ3v) is 1.48. The van der Waals surface area contributed by atoms with Crippen LogP contribution < -0.4 is 0 Å². The highest BCUT2D eigenvalue weighted by molar-refractivity contribution is 7.08. The number of thiophene rings is 1. The lowest BCUT2D eigenvalue weighted by Crippen LogP contribution is -1.66. The molecule has 0 saturated carbocycles. The van der Waals surface area contributed by atoms with E-state index in [4.69, 9.17) is 5.26 Å². The minimum atomic E-state index is 0.998. The molecule has 0 atom stereocenters. The molecule has 0 aromatic carbocycles. The lowest BCUT2D eigenvalue weighted by Gasteiger charge is -1.75. The van der Waals surface area contributed by atoms with Gasteiger partial charge in [0.25, 0.3) is 0 Å². The van der Waals surface area contributed by atoms with Gasteiger partial charge in [-0.2, -0.15) is 16.6 Å². The first-order valence-electron chi connectivity index (χ1n) is 2.18. The highest BCUT2D eigenvalue weighted by Gasteiger charge is 1.87. The third-order valence-electron chi connectivity index (χ3n) is 0.774. The van der Waals surface area contributed by atoms with Gasteiger partial charge in [0.2, 0.25) is 0 Å².